The van der Waals surface area contributed by atoms with Crippen molar-refractivity contribution in [2.75, 3.05) is 12.5 Å². The number of nitrogens with one attached hydrogen (secondary N) is 1. The Balaban J connectivity index is 2.77. The fourth-order valence-corrected chi connectivity index (χ4v) is 0.735. The maximum atomic E-state index is 5.68. The molecule has 0 radical (unpaired) electrons. The predicted molar refractivity (Wildman–Crippen MR) is 43.6 cm³/mol. The minimum atomic E-state index is 0.389. The Kier molecular flexibility index (Phi) is 2.80. The van der Waals surface area contributed by atoms with Crippen molar-refractivity contribution in [3.63, 3.8) is 0 Å². The summed E-state index contributed by atoms with van der Waals surface area (Å²) >= 11 is 5.68. The Morgan fingerprint density at radius 1 is 1.64 bits per heavy atom. The van der Waals surface area contributed by atoms with Crippen LogP contribution in [0.2, 0.25) is 5.15 Å². The van der Waals surface area contributed by atoms with Crippen LogP contribution in [0.4, 0.5) is 5.69 Å². The molecule has 11 heavy (non-hydrogen) atoms. The van der Waals surface area contributed by atoms with Crippen LogP contribution in [0.3, 0.4) is 0 Å². The third-order valence-corrected chi connectivity index (χ3v) is 1.33. The van der Waals surface area contributed by atoms with Gasteiger partial charge in [-0.25, -0.2) is 4.98 Å². The van der Waals surface area contributed by atoms with Crippen molar-refractivity contribution in [3.8, 4) is 0 Å². The van der Waals surface area contributed by atoms with Crippen molar-refractivity contribution in [1.29, 1.82) is 0 Å². The molecule has 0 saturated heterocycles. The molecule has 0 aliphatic heterocycles. The average molecular weight is 171 g/mol. The molecule has 0 amide bonds. The largest absolute Gasteiger partial charge is 0.257 e. The first-order valence-electron chi connectivity index (χ1n) is 3.00. The molecule has 1 aromatic rings. The third kappa shape index (κ3) is 2.16. The van der Waals surface area contributed by atoms with Gasteiger partial charge in [-0.2, -0.15) is 5.11 Å². The monoisotopic (exact) mass is 170 g/mol. The Bertz CT molecular complexity index is 261. The van der Waals surface area contributed by atoms with Crippen LogP contribution in [0.15, 0.2) is 28.7 Å². The van der Waals surface area contributed by atoms with Gasteiger partial charge in [0.25, 0.3) is 0 Å². The molecule has 1 aromatic heterocycles. The van der Waals surface area contributed by atoms with Crippen LogP contribution < -0.4 is 5.43 Å². The lowest BCUT2D eigenvalue weighted by molar-refractivity contribution is 1.08. The average Bonchev–Trinajstić information content (AvgIpc) is 2.03. The van der Waals surface area contributed by atoms with Gasteiger partial charge in [-0.05, 0) is 12.1 Å². The van der Waals surface area contributed by atoms with Crippen LogP contribution in [-0.2, 0) is 0 Å². The third-order valence-electron chi connectivity index (χ3n) is 1.03. The summed E-state index contributed by atoms with van der Waals surface area (Å²) in [5.41, 5.74) is 3.28. The minimum Gasteiger partial charge on any atom is -0.257 e. The van der Waals surface area contributed by atoms with Crippen molar-refractivity contribution in [1.82, 2.24) is 4.98 Å². The number of aromatic nitrogens is 1. The lowest BCUT2D eigenvalue weighted by Crippen LogP contribution is -1.88. The molecule has 0 spiro atoms. The van der Waals surface area contributed by atoms with Gasteiger partial charge in [0.05, 0.1) is 12.7 Å². The summed E-state index contributed by atoms with van der Waals surface area (Å²) in [7, 11) is 1.57. The van der Waals surface area contributed by atoms with Crippen LogP contribution in [-0.4, -0.2) is 12.0 Å². The Hall–Kier alpha value is -1.16. The Morgan fingerprint density at radius 3 is 3.09 bits per heavy atom. The lowest BCUT2D eigenvalue weighted by atomic mass is 10.4. The van der Waals surface area contributed by atoms with Crippen LogP contribution in [0.5, 0.6) is 0 Å². The second kappa shape index (κ2) is 3.88. The second-order valence-corrected chi connectivity index (χ2v) is 2.11. The smallest absolute Gasteiger partial charge is 0.154 e. The number of hydrogen-bond donors (Lipinski definition) is 1. The quantitative estimate of drug-likeness (QED) is 0.420. The fourth-order valence-electron chi connectivity index (χ4n) is 0.573. The maximum Gasteiger partial charge on any atom is 0.154 e. The van der Waals surface area contributed by atoms with E-state index < -0.39 is 0 Å². The molecular formula is C6H7ClN4. The van der Waals surface area contributed by atoms with Gasteiger partial charge in [0.1, 0.15) is 0 Å². The molecule has 0 unspecified atom stereocenters. The molecule has 0 aliphatic carbocycles. The number of pyridine rings is 1. The fraction of sp³-hybridized carbons (Fsp3) is 0.167. The SMILES string of the molecule is CN=NNc1cccnc1Cl. The van der Waals surface area contributed by atoms with E-state index in [2.05, 4.69) is 20.7 Å². The van der Waals surface area contributed by atoms with E-state index >= 15 is 0 Å². The van der Waals surface area contributed by atoms with E-state index in [0.717, 1.165) is 0 Å². The van der Waals surface area contributed by atoms with E-state index in [4.69, 9.17) is 11.6 Å². The van der Waals surface area contributed by atoms with Gasteiger partial charge >= 0.3 is 0 Å². The summed E-state index contributed by atoms with van der Waals surface area (Å²) in [6.45, 7) is 0. The zero-order valence-electron chi connectivity index (χ0n) is 5.95. The highest BCUT2D eigenvalue weighted by molar-refractivity contribution is 6.31. The van der Waals surface area contributed by atoms with Gasteiger partial charge in [0.15, 0.2) is 5.15 Å². The first-order chi connectivity index (χ1) is 5.34. The lowest BCUT2D eigenvalue weighted by Gasteiger charge is -1.98. The molecule has 1 rings (SSSR count). The topological polar surface area (TPSA) is 49.6 Å². The highest BCUT2D eigenvalue weighted by atomic mass is 35.5. The summed E-state index contributed by atoms with van der Waals surface area (Å²) in [5, 5.41) is 7.44. The van der Waals surface area contributed by atoms with Gasteiger partial charge in [-0.15, -0.1) is 0 Å². The van der Waals surface area contributed by atoms with E-state index in [0.29, 0.717) is 10.8 Å². The van der Waals surface area contributed by atoms with Gasteiger partial charge in [-0.3, -0.25) is 5.43 Å². The maximum absolute atomic E-state index is 5.68. The molecule has 4 nitrogen and oxygen atoms in total. The number of halogens is 1. The normalized spacial score (nSPS) is 10.4. The van der Waals surface area contributed by atoms with E-state index in [9.17, 15) is 0 Å². The molecule has 1 N–H and O–H groups in total. The molecule has 0 aromatic carbocycles. The molecule has 0 saturated carbocycles. The van der Waals surface area contributed by atoms with E-state index in [1.807, 2.05) is 0 Å². The second-order valence-electron chi connectivity index (χ2n) is 1.75. The molecule has 58 valence electrons. The summed E-state index contributed by atoms with van der Waals surface area (Å²) in [6.07, 6.45) is 1.61. The number of rotatable bonds is 2. The first-order valence-corrected chi connectivity index (χ1v) is 3.37. The zero-order valence-corrected chi connectivity index (χ0v) is 6.71. The summed E-state index contributed by atoms with van der Waals surface area (Å²) in [5.74, 6) is 0. The first kappa shape index (κ1) is 7.94. The van der Waals surface area contributed by atoms with Gasteiger partial charge < -0.3 is 0 Å². The molecule has 0 aliphatic rings. The van der Waals surface area contributed by atoms with Gasteiger partial charge in [0, 0.05) is 6.20 Å². The zero-order chi connectivity index (χ0) is 8.10. The van der Waals surface area contributed by atoms with E-state index in [1.165, 1.54) is 0 Å². The number of nitrogens with zero attached hydrogens (tertiary/aromatic N) is 3. The van der Waals surface area contributed by atoms with Crippen LogP contribution in [0, 0.1) is 0 Å². The van der Waals surface area contributed by atoms with E-state index in [1.54, 1.807) is 25.4 Å². The van der Waals surface area contributed by atoms with Crippen molar-refractivity contribution >= 4 is 17.3 Å². The van der Waals surface area contributed by atoms with Crippen LogP contribution in [0.25, 0.3) is 0 Å². The van der Waals surface area contributed by atoms with Crippen molar-refractivity contribution in [2.24, 2.45) is 10.3 Å². The van der Waals surface area contributed by atoms with Gasteiger partial charge in [-0.1, -0.05) is 16.8 Å². The van der Waals surface area contributed by atoms with E-state index in [-0.39, 0.29) is 0 Å². The molecule has 0 fully saturated rings. The highest BCUT2D eigenvalue weighted by Gasteiger charge is 1.95. The Labute approximate surface area is 69.3 Å². The summed E-state index contributed by atoms with van der Waals surface area (Å²) in [6, 6.07) is 3.53. The molecule has 5 heteroatoms. The van der Waals surface area contributed by atoms with Crippen molar-refractivity contribution in [2.45, 2.75) is 0 Å². The summed E-state index contributed by atoms with van der Waals surface area (Å²) in [4.78, 5) is 3.83. The molecular weight excluding hydrogens is 164 g/mol. The molecule has 0 bridgehead atoms. The molecule has 1 heterocycles. The molecule has 0 atom stereocenters. The minimum absolute atomic E-state index is 0.389. The Morgan fingerprint density at radius 2 is 2.45 bits per heavy atom. The van der Waals surface area contributed by atoms with Crippen LogP contribution in [0.1, 0.15) is 0 Å². The van der Waals surface area contributed by atoms with Crippen LogP contribution >= 0.6 is 11.6 Å². The predicted octanol–water partition coefficient (Wildman–Crippen LogP) is 2.14. The standard InChI is InChI=1S/C6H7ClN4/c1-8-11-10-5-3-2-4-9-6(5)7/h2-4H,1H3,(H,8,10). The van der Waals surface area contributed by atoms with Crippen molar-refractivity contribution in [3.05, 3.63) is 23.5 Å². The van der Waals surface area contributed by atoms with Gasteiger partial charge in [0.2, 0.25) is 0 Å². The number of hydrogen-bond acceptors (Lipinski definition) is 3. The summed E-state index contributed by atoms with van der Waals surface area (Å²) < 4.78 is 0. The number of anilines is 1. The highest BCUT2D eigenvalue weighted by Crippen LogP contribution is 2.16. The van der Waals surface area contributed by atoms with Crippen molar-refractivity contribution < 1.29 is 0 Å².